The number of nitrogens with one attached hydrogen (secondary N) is 1. The lowest BCUT2D eigenvalue weighted by Crippen LogP contribution is -2.40. The highest BCUT2D eigenvalue weighted by atomic mass is 16.5. The van der Waals surface area contributed by atoms with Crippen LogP contribution in [-0.2, 0) is 4.74 Å². The fourth-order valence-electron chi connectivity index (χ4n) is 2.65. The van der Waals surface area contributed by atoms with E-state index in [0.717, 1.165) is 37.2 Å². The van der Waals surface area contributed by atoms with Gasteiger partial charge in [-0.3, -0.25) is 9.89 Å². The molecule has 1 N–H and O–H groups in total. The molecule has 1 saturated heterocycles. The van der Waals surface area contributed by atoms with Crippen molar-refractivity contribution in [3.63, 3.8) is 0 Å². The number of likely N-dealkylation sites (tertiary alicyclic amines) is 1. The highest BCUT2D eigenvalue weighted by Gasteiger charge is 2.24. The molecule has 110 valence electrons. The van der Waals surface area contributed by atoms with Crippen LogP contribution in [0.5, 0.6) is 0 Å². The first-order chi connectivity index (χ1) is 10.3. The van der Waals surface area contributed by atoms with Gasteiger partial charge in [-0.25, -0.2) is 0 Å². The first-order valence-corrected chi connectivity index (χ1v) is 7.21. The fourth-order valence-corrected chi connectivity index (χ4v) is 2.65. The summed E-state index contributed by atoms with van der Waals surface area (Å²) < 4.78 is 5.33. The Kier molecular flexibility index (Phi) is 4.01. The fraction of sp³-hybridized carbons (Fsp3) is 0.375. The van der Waals surface area contributed by atoms with Crippen molar-refractivity contribution in [2.75, 3.05) is 20.2 Å². The van der Waals surface area contributed by atoms with Crippen molar-refractivity contribution in [1.82, 2.24) is 15.1 Å². The third-order valence-electron chi connectivity index (χ3n) is 3.94. The van der Waals surface area contributed by atoms with Crippen molar-refractivity contribution in [1.29, 1.82) is 0 Å². The minimum atomic E-state index is 0.0132. The summed E-state index contributed by atoms with van der Waals surface area (Å²) in [5.74, 6) is 0.0132. The Morgan fingerprint density at radius 2 is 2.00 bits per heavy atom. The van der Waals surface area contributed by atoms with E-state index in [4.69, 9.17) is 4.74 Å². The summed E-state index contributed by atoms with van der Waals surface area (Å²) in [5, 5.41) is 7.09. The Bertz CT molecular complexity index is 601. The van der Waals surface area contributed by atoms with Crippen LogP contribution in [-0.4, -0.2) is 47.3 Å². The number of rotatable bonds is 3. The maximum atomic E-state index is 12.5. The molecule has 1 aromatic heterocycles. The molecule has 1 aromatic carbocycles. The second kappa shape index (κ2) is 6.10. The zero-order chi connectivity index (χ0) is 14.7. The predicted octanol–water partition coefficient (Wildman–Crippen LogP) is 2.33. The summed E-state index contributed by atoms with van der Waals surface area (Å²) in [4.78, 5) is 14.3. The zero-order valence-electron chi connectivity index (χ0n) is 12.1. The highest BCUT2D eigenvalue weighted by Crippen LogP contribution is 2.19. The first-order valence-electron chi connectivity index (χ1n) is 7.21. The molecule has 0 aliphatic carbocycles. The average Bonchev–Trinajstić information content (AvgIpc) is 3.05. The van der Waals surface area contributed by atoms with E-state index in [2.05, 4.69) is 10.2 Å². The SMILES string of the molecule is COC1CCN(C(=O)c2cc(-c3ccccc3)n[nH]2)CC1. The van der Waals surface area contributed by atoms with Gasteiger partial charge in [0.1, 0.15) is 5.69 Å². The van der Waals surface area contributed by atoms with E-state index in [1.165, 1.54) is 0 Å². The summed E-state index contributed by atoms with van der Waals surface area (Å²) >= 11 is 0. The van der Waals surface area contributed by atoms with Crippen LogP contribution in [0.1, 0.15) is 23.3 Å². The molecular formula is C16H19N3O2. The monoisotopic (exact) mass is 285 g/mol. The number of benzene rings is 1. The molecule has 0 spiro atoms. The molecule has 0 unspecified atom stereocenters. The number of aromatic nitrogens is 2. The van der Waals surface area contributed by atoms with Gasteiger partial charge in [-0.15, -0.1) is 0 Å². The van der Waals surface area contributed by atoms with Crippen LogP contribution in [0, 0.1) is 0 Å². The lowest BCUT2D eigenvalue weighted by molar-refractivity contribution is 0.0347. The van der Waals surface area contributed by atoms with E-state index in [0.29, 0.717) is 5.69 Å². The van der Waals surface area contributed by atoms with Gasteiger partial charge in [0.25, 0.3) is 5.91 Å². The van der Waals surface area contributed by atoms with Crippen molar-refractivity contribution >= 4 is 5.91 Å². The third-order valence-corrected chi connectivity index (χ3v) is 3.94. The van der Waals surface area contributed by atoms with E-state index in [1.807, 2.05) is 41.3 Å². The molecule has 0 radical (unpaired) electrons. The summed E-state index contributed by atoms with van der Waals surface area (Å²) in [6, 6.07) is 11.7. The van der Waals surface area contributed by atoms with E-state index in [9.17, 15) is 4.79 Å². The summed E-state index contributed by atoms with van der Waals surface area (Å²) in [5.41, 5.74) is 2.35. The van der Waals surface area contributed by atoms with Crippen LogP contribution in [0.25, 0.3) is 11.3 Å². The van der Waals surface area contributed by atoms with Crippen molar-refractivity contribution < 1.29 is 9.53 Å². The topological polar surface area (TPSA) is 58.2 Å². The molecule has 5 heteroatoms. The van der Waals surface area contributed by atoms with Crippen LogP contribution < -0.4 is 0 Å². The molecule has 1 aliphatic heterocycles. The third kappa shape index (κ3) is 2.97. The minimum Gasteiger partial charge on any atom is -0.381 e. The Hall–Kier alpha value is -2.14. The second-order valence-corrected chi connectivity index (χ2v) is 5.26. The standard InChI is InChI=1S/C16H19N3O2/c1-21-13-7-9-19(10-8-13)16(20)15-11-14(17-18-15)12-5-3-2-4-6-12/h2-6,11,13H,7-10H2,1H3,(H,17,18). The molecule has 0 atom stereocenters. The van der Waals surface area contributed by atoms with Gasteiger partial charge in [-0.05, 0) is 18.9 Å². The smallest absolute Gasteiger partial charge is 0.271 e. The van der Waals surface area contributed by atoms with Crippen LogP contribution in [0.2, 0.25) is 0 Å². The van der Waals surface area contributed by atoms with E-state index < -0.39 is 0 Å². The molecular weight excluding hydrogens is 266 g/mol. The molecule has 1 fully saturated rings. The Morgan fingerprint density at radius 1 is 1.29 bits per heavy atom. The first kappa shape index (κ1) is 13.8. The minimum absolute atomic E-state index is 0.0132. The Labute approximate surface area is 123 Å². The number of hydrogen-bond acceptors (Lipinski definition) is 3. The Balaban J connectivity index is 1.70. The molecule has 2 heterocycles. The van der Waals surface area contributed by atoms with Crippen LogP contribution in [0.4, 0.5) is 0 Å². The number of H-pyrrole nitrogens is 1. The molecule has 2 aromatic rings. The number of aromatic amines is 1. The van der Waals surface area contributed by atoms with Crippen LogP contribution in [0.3, 0.4) is 0 Å². The van der Waals surface area contributed by atoms with E-state index >= 15 is 0 Å². The van der Waals surface area contributed by atoms with Gasteiger partial charge in [-0.1, -0.05) is 30.3 Å². The van der Waals surface area contributed by atoms with Crippen molar-refractivity contribution in [2.24, 2.45) is 0 Å². The number of carbonyl (C=O) groups excluding carboxylic acids is 1. The van der Waals surface area contributed by atoms with Crippen molar-refractivity contribution in [3.05, 3.63) is 42.1 Å². The van der Waals surface area contributed by atoms with Gasteiger partial charge >= 0.3 is 0 Å². The zero-order valence-corrected chi connectivity index (χ0v) is 12.1. The highest BCUT2D eigenvalue weighted by molar-refractivity contribution is 5.93. The molecule has 0 saturated carbocycles. The van der Waals surface area contributed by atoms with Gasteiger partial charge in [0, 0.05) is 25.8 Å². The maximum absolute atomic E-state index is 12.5. The number of ether oxygens (including phenoxy) is 1. The number of hydrogen-bond donors (Lipinski definition) is 1. The van der Waals surface area contributed by atoms with Crippen molar-refractivity contribution in [2.45, 2.75) is 18.9 Å². The number of methoxy groups -OCH3 is 1. The molecule has 0 bridgehead atoms. The van der Waals surface area contributed by atoms with Gasteiger partial charge in [0.2, 0.25) is 0 Å². The molecule has 1 aliphatic rings. The summed E-state index contributed by atoms with van der Waals surface area (Å²) in [7, 11) is 1.73. The van der Waals surface area contributed by atoms with Gasteiger partial charge in [0.05, 0.1) is 11.8 Å². The summed E-state index contributed by atoms with van der Waals surface area (Å²) in [6.07, 6.45) is 2.06. The number of piperidine rings is 1. The lowest BCUT2D eigenvalue weighted by Gasteiger charge is -2.30. The van der Waals surface area contributed by atoms with E-state index in [-0.39, 0.29) is 12.0 Å². The molecule has 21 heavy (non-hydrogen) atoms. The number of amides is 1. The van der Waals surface area contributed by atoms with Gasteiger partial charge in [-0.2, -0.15) is 5.10 Å². The summed E-state index contributed by atoms with van der Waals surface area (Å²) in [6.45, 7) is 1.47. The maximum Gasteiger partial charge on any atom is 0.271 e. The normalized spacial score (nSPS) is 16.1. The molecule has 1 amide bonds. The predicted molar refractivity (Wildman–Crippen MR) is 80.0 cm³/mol. The van der Waals surface area contributed by atoms with Crippen molar-refractivity contribution in [3.8, 4) is 11.3 Å². The lowest BCUT2D eigenvalue weighted by atomic mass is 10.1. The largest absolute Gasteiger partial charge is 0.381 e. The quantitative estimate of drug-likeness (QED) is 0.941. The molecule has 5 nitrogen and oxygen atoms in total. The van der Waals surface area contributed by atoms with Crippen LogP contribution >= 0.6 is 0 Å². The van der Waals surface area contributed by atoms with Gasteiger partial charge in [0.15, 0.2) is 0 Å². The number of carbonyl (C=O) groups is 1. The van der Waals surface area contributed by atoms with Crippen LogP contribution in [0.15, 0.2) is 36.4 Å². The average molecular weight is 285 g/mol. The van der Waals surface area contributed by atoms with Gasteiger partial charge < -0.3 is 9.64 Å². The second-order valence-electron chi connectivity index (χ2n) is 5.26. The number of nitrogens with zero attached hydrogens (tertiary/aromatic N) is 2. The van der Waals surface area contributed by atoms with E-state index in [1.54, 1.807) is 7.11 Å². The Morgan fingerprint density at radius 3 is 2.67 bits per heavy atom. The molecule has 3 rings (SSSR count).